The van der Waals surface area contributed by atoms with Crippen LogP contribution in [0.3, 0.4) is 0 Å². The molecular formula is C15H18ClN3O4S2. The van der Waals surface area contributed by atoms with Crippen LogP contribution in [0.1, 0.15) is 31.7 Å². The summed E-state index contributed by atoms with van der Waals surface area (Å²) in [4.78, 5) is 38.6. The Morgan fingerprint density at radius 1 is 1.40 bits per heavy atom. The number of amides is 2. The third kappa shape index (κ3) is 2.73. The van der Waals surface area contributed by atoms with Crippen LogP contribution in [0.15, 0.2) is 12.1 Å². The first-order valence-electron chi connectivity index (χ1n) is 7.55. The van der Waals surface area contributed by atoms with Gasteiger partial charge in [0, 0.05) is 9.62 Å². The van der Waals surface area contributed by atoms with Crippen LogP contribution in [0.2, 0.25) is 4.34 Å². The van der Waals surface area contributed by atoms with Crippen molar-refractivity contribution in [1.29, 1.82) is 0 Å². The molecule has 25 heavy (non-hydrogen) atoms. The van der Waals surface area contributed by atoms with Crippen LogP contribution in [0.25, 0.3) is 0 Å². The number of carboxylic acid groups (broad SMARTS) is 1. The molecule has 2 aliphatic heterocycles. The maximum atomic E-state index is 12.6. The number of hydrogen-bond donors (Lipinski definition) is 3. The molecule has 2 aliphatic rings. The van der Waals surface area contributed by atoms with E-state index in [1.807, 2.05) is 0 Å². The van der Waals surface area contributed by atoms with Gasteiger partial charge >= 0.3 is 5.97 Å². The van der Waals surface area contributed by atoms with Crippen LogP contribution in [0.4, 0.5) is 0 Å². The van der Waals surface area contributed by atoms with Crippen molar-refractivity contribution in [1.82, 2.24) is 10.2 Å². The Kier molecular flexibility index (Phi) is 4.34. The quantitative estimate of drug-likeness (QED) is 0.655. The average molecular weight is 404 g/mol. The van der Waals surface area contributed by atoms with E-state index in [1.54, 1.807) is 32.9 Å². The summed E-state index contributed by atoms with van der Waals surface area (Å²) in [6, 6.07) is 1.46. The van der Waals surface area contributed by atoms with E-state index in [9.17, 15) is 19.5 Å². The second-order valence-corrected chi connectivity index (χ2v) is 10.3. The van der Waals surface area contributed by atoms with E-state index in [-0.39, 0.29) is 0 Å². The number of thioether (sulfide) groups is 1. The monoisotopic (exact) mass is 403 g/mol. The molecule has 0 bridgehead atoms. The van der Waals surface area contributed by atoms with Crippen molar-refractivity contribution in [3.8, 4) is 0 Å². The van der Waals surface area contributed by atoms with Crippen LogP contribution in [0, 0.1) is 0 Å². The fourth-order valence-corrected chi connectivity index (χ4v) is 6.00. The van der Waals surface area contributed by atoms with Crippen molar-refractivity contribution in [2.75, 3.05) is 0 Å². The zero-order valence-corrected chi connectivity index (χ0v) is 16.2. The number of rotatable bonds is 4. The fourth-order valence-electron chi connectivity index (χ4n) is 3.30. The molecule has 2 fully saturated rings. The number of carboxylic acids is 1. The number of aliphatic carboxylic acids is 1. The van der Waals surface area contributed by atoms with Gasteiger partial charge in [-0.05, 0) is 32.9 Å². The van der Waals surface area contributed by atoms with Gasteiger partial charge in [-0.1, -0.05) is 11.6 Å². The summed E-state index contributed by atoms with van der Waals surface area (Å²) < 4.78 is -0.134. The van der Waals surface area contributed by atoms with Gasteiger partial charge in [0.2, 0.25) is 5.91 Å². The number of nitrogens with one attached hydrogen (secondary N) is 1. The highest BCUT2D eigenvalue weighted by Crippen LogP contribution is 2.54. The van der Waals surface area contributed by atoms with E-state index in [1.165, 1.54) is 28.0 Å². The van der Waals surface area contributed by atoms with Gasteiger partial charge < -0.3 is 21.1 Å². The number of fused-ring (bicyclic) bond motifs is 1. The van der Waals surface area contributed by atoms with E-state index in [4.69, 9.17) is 17.3 Å². The molecule has 3 heterocycles. The number of thiophene rings is 1. The van der Waals surface area contributed by atoms with Crippen LogP contribution in [-0.2, 0) is 14.4 Å². The van der Waals surface area contributed by atoms with E-state index in [0.717, 1.165) is 0 Å². The van der Waals surface area contributed by atoms with E-state index in [0.29, 0.717) is 9.21 Å². The van der Waals surface area contributed by atoms with Gasteiger partial charge in [-0.3, -0.25) is 9.59 Å². The van der Waals surface area contributed by atoms with Crippen molar-refractivity contribution >= 4 is 52.5 Å². The molecule has 4 atom stereocenters. The SMILES string of the molecule is CC1(C)S[C@H]2N(C(=O)[C@]2(C)NC(=O)C(N)c2ccc(Cl)s2)[C@H]1C(=O)O. The third-order valence-electron chi connectivity index (χ3n) is 4.58. The van der Waals surface area contributed by atoms with Crippen molar-refractivity contribution < 1.29 is 19.5 Å². The molecule has 1 aromatic rings. The minimum atomic E-state index is -1.18. The highest BCUT2D eigenvalue weighted by Gasteiger charge is 2.70. The van der Waals surface area contributed by atoms with Crippen LogP contribution < -0.4 is 11.1 Å². The van der Waals surface area contributed by atoms with Crippen LogP contribution in [0.5, 0.6) is 0 Å². The molecule has 1 unspecified atom stereocenters. The summed E-state index contributed by atoms with van der Waals surface area (Å²) >= 11 is 8.44. The van der Waals surface area contributed by atoms with Gasteiger partial charge in [0.1, 0.15) is 23.0 Å². The molecule has 7 nitrogen and oxygen atoms in total. The second-order valence-electron chi connectivity index (χ2n) is 6.84. The first kappa shape index (κ1) is 18.5. The second kappa shape index (κ2) is 5.87. The first-order chi connectivity index (χ1) is 11.5. The number of carbonyl (C=O) groups is 3. The van der Waals surface area contributed by atoms with Gasteiger partial charge in [0.05, 0.1) is 4.34 Å². The average Bonchev–Trinajstić information content (AvgIpc) is 3.05. The predicted octanol–water partition coefficient (Wildman–Crippen LogP) is 1.42. The molecule has 0 radical (unpaired) electrons. The van der Waals surface area contributed by atoms with Crippen molar-refractivity contribution in [3.05, 3.63) is 21.3 Å². The smallest absolute Gasteiger partial charge is 0.327 e. The molecule has 10 heteroatoms. The van der Waals surface area contributed by atoms with E-state index < -0.39 is 45.5 Å². The van der Waals surface area contributed by atoms with Gasteiger partial charge in [0.15, 0.2) is 0 Å². The minimum Gasteiger partial charge on any atom is -0.480 e. The van der Waals surface area contributed by atoms with Gasteiger partial charge in [0.25, 0.3) is 5.91 Å². The molecular weight excluding hydrogens is 386 g/mol. The maximum absolute atomic E-state index is 12.6. The zero-order chi connectivity index (χ0) is 18.7. The van der Waals surface area contributed by atoms with Crippen molar-refractivity contribution in [3.63, 3.8) is 0 Å². The number of nitrogens with zero attached hydrogens (tertiary/aromatic N) is 1. The Balaban J connectivity index is 1.79. The minimum absolute atomic E-state index is 0.410. The molecule has 0 aliphatic carbocycles. The van der Waals surface area contributed by atoms with Crippen LogP contribution in [-0.4, -0.2) is 49.5 Å². The Hall–Kier alpha value is -1.29. The number of carbonyl (C=O) groups excluding carboxylic acids is 2. The summed E-state index contributed by atoms with van der Waals surface area (Å²) in [5.41, 5.74) is 4.78. The number of halogens is 1. The first-order valence-corrected chi connectivity index (χ1v) is 9.62. The Morgan fingerprint density at radius 2 is 2.04 bits per heavy atom. The summed E-state index contributed by atoms with van der Waals surface area (Å²) in [6.45, 7) is 5.17. The number of nitrogens with two attached hydrogens (primary N) is 1. The highest BCUT2D eigenvalue weighted by atomic mass is 35.5. The Labute approximate surface area is 157 Å². The molecule has 0 saturated carbocycles. The molecule has 3 rings (SSSR count). The third-order valence-corrected chi connectivity index (χ3v) is 7.64. The lowest BCUT2D eigenvalue weighted by Crippen LogP contribution is -2.78. The molecule has 0 spiro atoms. The van der Waals surface area contributed by atoms with Gasteiger partial charge in [-0.2, -0.15) is 0 Å². The molecule has 0 aromatic carbocycles. The number of β-lactam (4-membered cyclic amide) rings is 1. The summed E-state index contributed by atoms with van der Waals surface area (Å²) in [7, 11) is 0. The number of hydrogen-bond acceptors (Lipinski definition) is 6. The topological polar surface area (TPSA) is 113 Å². The van der Waals surface area contributed by atoms with Crippen molar-refractivity contribution in [2.24, 2.45) is 5.73 Å². The lowest BCUT2D eigenvalue weighted by Gasteiger charge is -2.51. The summed E-state index contributed by atoms with van der Waals surface area (Å²) in [6.07, 6.45) is 0. The Morgan fingerprint density at radius 3 is 2.56 bits per heavy atom. The normalized spacial score (nSPS) is 31.2. The van der Waals surface area contributed by atoms with Crippen LogP contribution >= 0.6 is 34.7 Å². The van der Waals surface area contributed by atoms with Gasteiger partial charge in [-0.25, -0.2) is 4.79 Å². The standard InChI is InChI=1S/C15H18ClN3O4S2/c1-14(2)9(11(21)22)19-12(23)15(3,13(19)25-14)18-10(20)8(17)6-4-5-7(16)24-6/h4-5,8-9,13H,17H2,1-3H3,(H,18,20)(H,21,22)/t8?,9-,13+,15-/m0/s1. The van der Waals surface area contributed by atoms with E-state index in [2.05, 4.69) is 5.32 Å². The van der Waals surface area contributed by atoms with E-state index >= 15 is 0 Å². The summed E-state index contributed by atoms with van der Waals surface area (Å²) in [5.74, 6) is -1.95. The molecule has 4 N–H and O–H groups in total. The maximum Gasteiger partial charge on any atom is 0.327 e. The zero-order valence-electron chi connectivity index (χ0n) is 13.8. The Bertz CT molecular complexity index is 768. The largest absolute Gasteiger partial charge is 0.480 e. The highest BCUT2D eigenvalue weighted by molar-refractivity contribution is 8.01. The van der Waals surface area contributed by atoms with Gasteiger partial charge in [-0.15, -0.1) is 23.1 Å². The predicted molar refractivity (Wildman–Crippen MR) is 96.5 cm³/mol. The fraction of sp³-hybridized carbons (Fsp3) is 0.533. The lowest BCUT2D eigenvalue weighted by atomic mass is 9.86. The molecule has 136 valence electrons. The molecule has 2 saturated heterocycles. The molecule has 1 aromatic heterocycles. The molecule has 2 amide bonds. The lowest BCUT2D eigenvalue weighted by molar-refractivity contribution is -0.168. The summed E-state index contributed by atoms with van der Waals surface area (Å²) in [5, 5.41) is 11.7. The van der Waals surface area contributed by atoms with Crippen molar-refractivity contribution in [2.45, 2.75) is 48.5 Å².